The molecule has 0 unspecified atom stereocenters. The van der Waals surface area contributed by atoms with Crippen molar-refractivity contribution in [3.8, 4) is 11.4 Å². The van der Waals surface area contributed by atoms with Gasteiger partial charge >= 0.3 is 6.18 Å². The summed E-state index contributed by atoms with van der Waals surface area (Å²) < 4.78 is 99.7. The third kappa shape index (κ3) is 7.38. The number of nitrogens with two attached hydrogens (primary N) is 1. The van der Waals surface area contributed by atoms with Crippen LogP contribution in [-0.2, 0) is 26.2 Å². The number of aryl methyl sites for hydroxylation is 1. The number of halogens is 4. The van der Waals surface area contributed by atoms with Crippen LogP contribution in [0.1, 0.15) is 11.3 Å². The zero-order valence-corrected chi connectivity index (χ0v) is 20.6. The van der Waals surface area contributed by atoms with E-state index in [1.54, 1.807) is 31.2 Å². The van der Waals surface area contributed by atoms with E-state index in [-0.39, 0.29) is 21.2 Å². The van der Waals surface area contributed by atoms with E-state index < -0.39 is 37.7 Å². The maximum absolute atomic E-state index is 13.7. The molecule has 3 aromatic carbocycles. The summed E-state index contributed by atoms with van der Waals surface area (Å²) in [6.07, 6.45) is -4.30. The van der Waals surface area contributed by atoms with Crippen molar-refractivity contribution in [1.29, 1.82) is 0 Å². The van der Waals surface area contributed by atoms with Crippen LogP contribution in [0.4, 0.5) is 17.6 Å². The fourth-order valence-corrected chi connectivity index (χ4v) is 4.60. The van der Waals surface area contributed by atoms with Crippen molar-refractivity contribution in [3.05, 3.63) is 102 Å². The third-order valence-electron chi connectivity index (χ3n) is 4.64. The molecule has 4 rings (SSSR count). The standard InChI is InChI=1S/C17H13F4N3O2S.C6H7NO2S/c1-11-7-12(9-13(18)8-11)16-22-15(17(19,20)21)10-24(16)23-27(25,26)14-5-3-2-4-6-14;7-10(8,9)6-4-2-1-3-5-6/h2-10,23H,1H3;1-5H,(H2,7,8,9). The predicted molar refractivity (Wildman–Crippen MR) is 128 cm³/mol. The smallest absolute Gasteiger partial charge is 0.233 e. The monoisotopic (exact) mass is 556 g/mol. The molecule has 0 fully saturated rings. The van der Waals surface area contributed by atoms with Crippen molar-refractivity contribution in [2.45, 2.75) is 22.9 Å². The van der Waals surface area contributed by atoms with Crippen LogP contribution in [0.2, 0.25) is 0 Å². The van der Waals surface area contributed by atoms with E-state index in [9.17, 15) is 34.4 Å². The second-order valence-corrected chi connectivity index (χ2v) is 10.8. The lowest BCUT2D eigenvalue weighted by molar-refractivity contribution is -0.140. The number of nitrogens with one attached hydrogen (secondary N) is 1. The van der Waals surface area contributed by atoms with Crippen LogP contribution in [0.25, 0.3) is 11.4 Å². The van der Waals surface area contributed by atoms with Gasteiger partial charge < -0.3 is 0 Å². The maximum Gasteiger partial charge on any atom is 0.434 e. The van der Waals surface area contributed by atoms with Gasteiger partial charge in [-0.05, 0) is 55.0 Å². The van der Waals surface area contributed by atoms with Gasteiger partial charge in [0, 0.05) is 5.56 Å². The highest BCUT2D eigenvalue weighted by molar-refractivity contribution is 7.92. The van der Waals surface area contributed by atoms with E-state index in [0.29, 0.717) is 16.4 Å². The Balaban J connectivity index is 0.000000319. The molecule has 0 aliphatic carbocycles. The van der Waals surface area contributed by atoms with Gasteiger partial charge in [0.05, 0.1) is 16.0 Å². The van der Waals surface area contributed by atoms with Gasteiger partial charge in [-0.1, -0.05) is 36.4 Å². The van der Waals surface area contributed by atoms with Gasteiger partial charge in [-0.2, -0.15) is 21.6 Å². The largest absolute Gasteiger partial charge is 0.434 e. The summed E-state index contributed by atoms with van der Waals surface area (Å²) in [6.45, 7) is 1.55. The third-order valence-corrected chi connectivity index (χ3v) is 6.90. The van der Waals surface area contributed by atoms with Gasteiger partial charge in [0.25, 0.3) is 10.0 Å². The van der Waals surface area contributed by atoms with Crippen LogP contribution >= 0.6 is 0 Å². The van der Waals surface area contributed by atoms with Crippen LogP contribution in [-0.4, -0.2) is 26.5 Å². The van der Waals surface area contributed by atoms with Crippen molar-refractivity contribution in [2.24, 2.45) is 5.14 Å². The van der Waals surface area contributed by atoms with Crippen molar-refractivity contribution < 1.29 is 34.4 Å². The molecule has 0 amide bonds. The molecule has 0 bridgehead atoms. The molecule has 8 nitrogen and oxygen atoms in total. The number of rotatable bonds is 5. The van der Waals surface area contributed by atoms with E-state index >= 15 is 0 Å². The number of benzene rings is 3. The summed E-state index contributed by atoms with van der Waals surface area (Å²) in [5.74, 6) is -1.07. The van der Waals surface area contributed by atoms with Crippen LogP contribution in [0, 0.1) is 12.7 Å². The summed E-state index contributed by atoms with van der Waals surface area (Å²) in [5.41, 5.74) is -0.868. The number of hydrogen-bond acceptors (Lipinski definition) is 5. The SMILES string of the molecule is Cc1cc(F)cc(-c2nc(C(F)(F)F)cn2NS(=O)(=O)c2ccccc2)c1.NS(=O)(=O)c1ccccc1. The fourth-order valence-electron chi connectivity index (χ4n) is 3.05. The zero-order valence-electron chi connectivity index (χ0n) is 19.0. The molecule has 0 aliphatic rings. The molecule has 196 valence electrons. The average Bonchev–Trinajstić information content (AvgIpc) is 3.23. The number of primary sulfonamides is 1. The Morgan fingerprint density at radius 1 is 0.865 bits per heavy atom. The maximum atomic E-state index is 13.7. The highest BCUT2D eigenvalue weighted by Gasteiger charge is 2.35. The Morgan fingerprint density at radius 3 is 1.86 bits per heavy atom. The predicted octanol–water partition coefficient (Wildman–Crippen LogP) is 4.28. The molecular formula is C23H20F4N4O4S2. The molecule has 0 aliphatic heterocycles. The Labute approximate surface area is 210 Å². The lowest BCUT2D eigenvalue weighted by Crippen LogP contribution is -2.23. The van der Waals surface area contributed by atoms with Crippen molar-refractivity contribution in [2.75, 3.05) is 4.83 Å². The van der Waals surface area contributed by atoms with E-state index in [2.05, 4.69) is 4.98 Å². The summed E-state index contributed by atoms with van der Waals surface area (Å²) in [7, 11) is -7.69. The minimum atomic E-state index is -4.81. The first-order chi connectivity index (χ1) is 17.2. The van der Waals surface area contributed by atoms with Crippen LogP contribution in [0.5, 0.6) is 0 Å². The Kier molecular flexibility index (Phi) is 8.05. The first-order valence-electron chi connectivity index (χ1n) is 10.3. The molecular weight excluding hydrogens is 536 g/mol. The second-order valence-electron chi connectivity index (χ2n) is 7.60. The summed E-state index contributed by atoms with van der Waals surface area (Å²) in [4.78, 5) is 5.50. The van der Waals surface area contributed by atoms with Crippen molar-refractivity contribution in [1.82, 2.24) is 9.66 Å². The topological polar surface area (TPSA) is 124 Å². The van der Waals surface area contributed by atoms with Crippen LogP contribution in [0.15, 0.2) is 94.9 Å². The molecule has 0 spiro atoms. The summed E-state index contributed by atoms with van der Waals surface area (Å²) in [6, 6.07) is 18.6. The Bertz CT molecular complexity index is 1570. The zero-order chi connectivity index (χ0) is 27.4. The van der Waals surface area contributed by atoms with Crippen LogP contribution < -0.4 is 9.97 Å². The van der Waals surface area contributed by atoms with Gasteiger partial charge in [0.1, 0.15) is 5.82 Å². The molecule has 1 aromatic heterocycles. The Morgan fingerprint density at radius 2 is 1.41 bits per heavy atom. The summed E-state index contributed by atoms with van der Waals surface area (Å²) >= 11 is 0. The highest BCUT2D eigenvalue weighted by atomic mass is 32.2. The number of hydrogen-bond donors (Lipinski definition) is 2. The van der Waals surface area contributed by atoms with Gasteiger partial charge in [0.15, 0.2) is 11.5 Å². The molecule has 37 heavy (non-hydrogen) atoms. The number of sulfonamides is 2. The normalized spacial score (nSPS) is 11.9. The van der Waals surface area contributed by atoms with E-state index in [1.165, 1.54) is 48.5 Å². The van der Waals surface area contributed by atoms with Gasteiger partial charge in [-0.25, -0.2) is 32.4 Å². The lowest BCUT2D eigenvalue weighted by Gasteiger charge is -2.12. The van der Waals surface area contributed by atoms with Gasteiger partial charge in [-0.3, -0.25) is 0 Å². The number of aromatic nitrogens is 2. The molecule has 0 saturated carbocycles. The molecule has 14 heteroatoms. The average molecular weight is 557 g/mol. The van der Waals surface area contributed by atoms with E-state index in [0.717, 1.165) is 6.07 Å². The highest BCUT2D eigenvalue weighted by Crippen LogP contribution is 2.31. The quantitative estimate of drug-likeness (QED) is 0.355. The van der Waals surface area contributed by atoms with Crippen molar-refractivity contribution in [3.63, 3.8) is 0 Å². The van der Waals surface area contributed by atoms with E-state index in [4.69, 9.17) is 5.14 Å². The minimum Gasteiger partial charge on any atom is -0.233 e. The van der Waals surface area contributed by atoms with Crippen molar-refractivity contribution >= 4 is 20.0 Å². The number of imidazole rings is 1. The molecule has 3 N–H and O–H groups in total. The first kappa shape index (κ1) is 27.8. The van der Waals surface area contributed by atoms with Crippen LogP contribution in [0.3, 0.4) is 0 Å². The number of nitrogens with zero attached hydrogens (tertiary/aromatic N) is 2. The first-order valence-corrected chi connectivity index (χ1v) is 13.3. The molecule has 0 radical (unpaired) electrons. The second kappa shape index (κ2) is 10.7. The minimum absolute atomic E-state index is 0.00115. The van der Waals surface area contributed by atoms with Gasteiger partial charge in [0.2, 0.25) is 10.0 Å². The number of alkyl halides is 3. The lowest BCUT2D eigenvalue weighted by atomic mass is 10.1. The molecule has 4 aromatic rings. The van der Waals surface area contributed by atoms with Gasteiger partial charge in [-0.15, -0.1) is 0 Å². The fraction of sp³-hybridized carbons (Fsp3) is 0.0870. The molecule has 0 saturated heterocycles. The molecule has 0 atom stereocenters. The summed E-state index contributed by atoms with van der Waals surface area (Å²) in [5, 5.41) is 4.83. The Hall–Kier alpha value is -3.75. The van der Waals surface area contributed by atoms with E-state index in [1.807, 2.05) is 4.83 Å². The molecule has 1 heterocycles.